The van der Waals surface area contributed by atoms with Gasteiger partial charge in [0.15, 0.2) is 5.96 Å². The van der Waals surface area contributed by atoms with Crippen LogP contribution < -0.4 is 15.4 Å². The number of halogens is 3. The minimum Gasteiger partial charge on any atom is -0.493 e. The van der Waals surface area contributed by atoms with E-state index in [1.165, 1.54) is 11.9 Å². The minimum absolute atomic E-state index is 0.256. The number of rotatable bonds is 10. The van der Waals surface area contributed by atoms with Gasteiger partial charge in [-0.3, -0.25) is 4.90 Å². The molecule has 0 aliphatic carbocycles. The summed E-state index contributed by atoms with van der Waals surface area (Å²) in [6, 6.07) is 6.02. The summed E-state index contributed by atoms with van der Waals surface area (Å²) in [6.45, 7) is 6.84. The van der Waals surface area contributed by atoms with Crippen molar-refractivity contribution < 1.29 is 22.6 Å². The second kappa shape index (κ2) is 12.0. The van der Waals surface area contributed by atoms with E-state index in [0.717, 1.165) is 36.5 Å². The highest BCUT2D eigenvalue weighted by Gasteiger charge is 2.28. The van der Waals surface area contributed by atoms with Gasteiger partial charge in [-0.1, -0.05) is 12.1 Å². The molecule has 1 aromatic rings. The van der Waals surface area contributed by atoms with Crippen molar-refractivity contribution in [3.63, 3.8) is 0 Å². The second-order valence-corrected chi connectivity index (χ2v) is 7.63. The van der Waals surface area contributed by atoms with E-state index < -0.39 is 12.7 Å². The van der Waals surface area contributed by atoms with Crippen LogP contribution in [0.4, 0.5) is 13.2 Å². The van der Waals surface area contributed by atoms with Crippen LogP contribution in [0.1, 0.15) is 24.5 Å². The Morgan fingerprint density at radius 3 is 2.80 bits per heavy atom. The first-order chi connectivity index (χ1) is 14.3. The predicted octanol–water partition coefficient (Wildman–Crippen LogP) is 2.96. The van der Waals surface area contributed by atoms with Crippen LogP contribution in [0.3, 0.4) is 0 Å². The molecule has 0 saturated carbocycles. The van der Waals surface area contributed by atoms with Crippen molar-refractivity contribution >= 4 is 5.96 Å². The third kappa shape index (κ3) is 9.21. The molecule has 0 radical (unpaired) electrons. The lowest BCUT2D eigenvalue weighted by atomic mass is 10.1. The Morgan fingerprint density at radius 2 is 2.13 bits per heavy atom. The van der Waals surface area contributed by atoms with Crippen LogP contribution in [0.5, 0.6) is 5.75 Å². The molecule has 1 atom stereocenters. The normalized spacial score (nSPS) is 17.4. The van der Waals surface area contributed by atoms with Gasteiger partial charge in [0.1, 0.15) is 5.75 Å². The molecule has 1 aliphatic rings. The first-order valence-corrected chi connectivity index (χ1v) is 10.3. The predicted molar refractivity (Wildman–Crippen MR) is 112 cm³/mol. The Kier molecular flexibility index (Phi) is 9.71. The van der Waals surface area contributed by atoms with Gasteiger partial charge in [0.25, 0.3) is 0 Å². The summed E-state index contributed by atoms with van der Waals surface area (Å²) in [6.07, 6.45) is -3.18. The second-order valence-electron chi connectivity index (χ2n) is 7.63. The lowest BCUT2D eigenvalue weighted by Crippen LogP contribution is -2.42. The fourth-order valence-corrected chi connectivity index (χ4v) is 3.11. The van der Waals surface area contributed by atoms with E-state index in [4.69, 9.17) is 9.47 Å². The molecule has 1 unspecified atom stereocenters. The summed E-state index contributed by atoms with van der Waals surface area (Å²) >= 11 is 0. The molecule has 1 aromatic carbocycles. The highest BCUT2D eigenvalue weighted by atomic mass is 19.4. The van der Waals surface area contributed by atoms with Gasteiger partial charge >= 0.3 is 6.18 Å². The molecular weight excluding hydrogens is 397 g/mol. The van der Waals surface area contributed by atoms with Crippen molar-refractivity contribution in [2.45, 2.75) is 33.0 Å². The largest absolute Gasteiger partial charge is 0.493 e. The average molecular weight is 431 g/mol. The molecule has 1 aliphatic heterocycles. The summed E-state index contributed by atoms with van der Waals surface area (Å²) in [5.41, 5.74) is 2.07. The van der Waals surface area contributed by atoms with E-state index in [2.05, 4.69) is 15.6 Å². The van der Waals surface area contributed by atoms with Crippen molar-refractivity contribution in [3.8, 4) is 5.75 Å². The highest BCUT2D eigenvalue weighted by molar-refractivity contribution is 5.79. The number of ether oxygens (including phenoxy) is 2. The van der Waals surface area contributed by atoms with E-state index in [0.29, 0.717) is 38.1 Å². The molecule has 9 heteroatoms. The SMILES string of the molecule is CCNC(=NCc1ccc(C)cc1OCC1CCOC1)NCCN(C)CC(F)(F)F. The summed E-state index contributed by atoms with van der Waals surface area (Å²) in [5, 5.41) is 6.21. The number of hydrogen-bond donors (Lipinski definition) is 2. The molecule has 1 saturated heterocycles. The van der Waals surface area contributed by atoms with Crippen LogP contribution in [0.2, 0.25) is 0 Å². The Bertz CT molecular complexity index is 677. The number of aryl methyl sites for hydroxylation is 1. The Labute approximate surface area is 176 Å². The third-order valence-corrected chi connectivity index (χ3v) is 4.71. The lowest BCUT2D eigenvalue weighted by Gasteiger charge is -2.19. The number of likely N-dealkylation sites (N-methyl/N-ethyl adjacent to an activating group) is 1. The first kappa shape index (κ1) is 24.3. The standard InChI is InChI=1S/C21H33F3N4O2/c1-4-25-20(26-8-9-28(3)15-21(22,23)24)27-12-18-6-5-16(2)11-19(18)30-14-17-7-10-29-13-17/h5-6,11,17H,4,7-10,12-15H2,1-3H3,(H2,25,26,27). The van der Waals surface area contributed by atoms with Gasteiger partial charge < -0.3 is 20.1 Å². The summed E-state index contributed by atoms with van der Waals surface area (Å²) in [5.74, 6) is 1.79. The maximum atomic E-state index is 12.4. The minimum atomic E-state index is -4.19. The van der Waals surface area contributed by atoms with E-state index in [-0.39, 0.29) is 6.54 Å². The molecule has 0 bridgehead atoms. The molecule has 2 rings (SSSR count). The number of nitrogens with one attached hydrogen (secondary N) is 2. The highest BCUT2D eigenvalue weighted by Crippen LogP contribution is 2.23. The van der Waals surface area contributed by atoms with Gasteiger partial charge in [-0.05, 0) is 38.9 Å². The smallest absolute Gasteiger partial charge is 0.401 e. The quantitative estimate of drug-likeness (QED) is 0.442. The molecule has 0 spiro atoms. The first-order valence-electron chi connectivity index (χ1n) is 10.3. The van der Waals surface area contributed by atoms with Gasteiger partial charge in [-0.25, -0.2) is 4.99 Å². The fraction of sp³-hybridized carbons (Fsp3) is 0.667. The number of hydrogen-bond acceptors (Lipinski definition) is 4. The lowest BCUT2D eigenvalue weighted by molar-refractivity contribution is -0.142. The van der Waals surface area contributed by atoms with Crippen molar-refractivity contribution in [2.24, 2.45) is 10.9 Å². The van der Waals surface area contributed by atoms with Crippen molar-refractivity contribution in [1.29, 1.82) is 0 Å². The summed E-state index contributed by atoms with van der Waals surface area (Å²) in [7, 11) is 1.45. The molecule has 0 amide bonds. The van der Waals surface area contributed by atoms with Crippen LogP contribution in [0.15, 0.2) is 23.2 Å². The number of alkyl halides is 3. The Balaban J connectivity index is 1.92. The van der Waals surface area contributed by atoms with Gasteiger partial charge in [-0.2, -0.15) is 13.2 Å². The molecular formula is C21H33F3N4O2. The maximum absolute atomic E-state index is 12.4. The van der Waals surface area contributed by atoms with Crippen LogP contribution in [0, 0.1) is 12.8 Å². The molecule has 1 heterocycles. The van der Waals surface area contributed by atoms with Crippen LogP contribution >= 0.6 is 0 Å². The molecule has 0 aromatic heterocycles. The number of aliphatic imine (C=N–C) groups is 1. The Morgan fingerprint density at radius 1 is 1.33 bits per heavy atom. The van der Waals surface area contributed by atoms with Gasteiger partial charge in [0, 0.05) is 37.7 Å². The van der Waals surface area contributed by atoms with Crippen LogP contribution in [-0.2, 0) is 11.3 Å². The zero-order valence-electron chi connectivity index (χ0n) is 18.0. The van der Waals surface area contributed by atoms with E-state index >= 15 is 0 Å². The molecule has 2 N–H and O–H groups in total. The zero-order chi connectivity index (χ0) is 22.0. The van der Waals surface area contributed by atoms with Crippen molar-refractivity contribution in [1.82, 2.24) is 15.5 Å². The van der Waals surface area contributed by atoms with Crippen molar-refractivity contribution in [3.05, 3.63) is 29.3 Å². The molecule has 30 heavy (non-hydrogen) atoms. The number of guanidine groups is 1. The van der Waals surface area contributed by atoms with E-state index in [1.54, 1.807) is 0 Å². The third-order valence-electron chi connectivity index (χ3n) is 4.71. The average Bonchev–Trinajstić information content (AvgIpc) is 3.17. The summed E-state index contributed by atoms with van der Waals surface area (Å²) < 4.78 is 48.7. The summed E-state index contributed by atoms with van der Waals surface area (Å²) in [4.78, 5) is 5.81. The van der Waals surface area contributed by atoms with E-state index in [9.17, 15) is 13.2 Å². The number of nitrogens with zero attached hydrogens (tertiary/aromatic N) is 2. The molecule has 170 valence electrons. The monoisotopic (exact) mass is 430 g/mol. The fourth-order valence-electron chi connectivity index (χ4n) is 3.11. The van der Waals surface area contributed by atoms with Crippen LogP contribution in [-0.4, -0.2) is 70.1 Å². The van der Waals surface area contributed by atoms with Gasteiger partial charge in [0.05, 0.1) is 26.3 Å². The van der Waals surface area contributed by atoms with Crippen LogP contribution in [0.25, 0.3) is 0 Å². The van der Waals surface area contributed by atoms with Gasteiger partial charge in [0.2, 0.25) is 0 Å². The van der Waals surface area contributed by atoms with E-state index in [1.807, 2.05) is 32.0 Å². The molecule has 1 fully saturated rings. The number of benzene rings is 1. The van der Waals surface area contributed by atoms with Gasteiger partial charge in [-0.15, -0.1) is 0 Å². The molecule has 6 nitrogen and oxygen atoms in total. The maximum Gasteiger partial charge on any atom is 0.401 e. The Hall–Kier alpha value is -2.00. The topological polar surface area (TPSA) is 58.1 Å². The van der Waals surface area contributed by atoms with Crippen molar-refractivity contribution in [2.75, 3.05) is 53.0 Å². The zero-order valence-corrected chi connectivity index (χ0v) is 18.0.